The molecule has 0 spiro atoms. The van der Waals surface area contributed by atoms with Crippen LogP contribution in [0.3, 0.4) is 0 Å². The Morgan fingerprint density at radius 1 is 1.44 bits per heavy atom. The number of carbonyl (C=O) groups is 1. The van der Waals surface area contributed by atoms with Crippen molar-refractivity contribution in [1.82, 2.24) is 5.32 Å². The second-order valence-electron chi connectivity index (χ2n) is 4.41. The standard InChI is InChI=1S/C13H18N2O3/c14-7-10-5-6-12(18-10)13(17)15-8-9-3-1-2-4-11(9)16/h1-4,10,12,16H,5-8,14H2,(H,15,17). The van der Waals surface area contributed by atoms with Gasteiger partial charge in [-0.3, -0.25) is 4.79 Å². The summed E-state index contributed by atoms with van der Waals surface area (Å²) in [5.41, 5.74) is 6.19. The fourth-order valence-electron chi connectivity index (χ4n) is 2.03. The summed E-state index contributed by atoms with van der Waals surface area (Å²) in [6.45, 7) is 0.752. The van der Waals surface area contributed by atoms with Crippen LogP contribution >= 0.6 is 0 Å². The maximum atomic E-state index is 11.8. The third-order valence-electron chi connectivity index (χ3n) is 3.11. The van der Waals surface area contributed by atoms with E-state index in [1.54, 1.807) is 18.2 Å². The summed E-state index contributed by atoms with van der Waals surface area (Å²) in [4.78, 5) is 11.8. The lowest BCUT2D eigenvalue weighted by Crippen LogP contribution is -2.35. The first-order valence-corrected chi connectivity index (χ1v) is 6.11. The van der Waals surface area contributed by atoms with E-state index in [9.17, 15) is 9.90 Å². The third kappa shape index (κ3) is 3.00. The number of aromatic hydroxyl groups is 1. The predicted molar refractivity (Wildman–Crippen MR) is 66.9 cm³/mol. The van der Waals surface area contributed by atoms with Crippen LogP contribution in [-0.2, 0) is 16.1 Å². The fraction of sp³-hybridized carbons (Fsp3) is 0.462. The van der Waals surface area contributed by atoms with Crippen molar-refractivity contribution in [1.29, 1.82) is 0 Å². The summed E-state index contributed by atoms with van der Waals surface area (Å²) >= 11 is 0. The van der Waals surface area contributed by atoms with Crippen LogP contribution in [0.4, 0.5) is 0 Å². The van der Waals surface area contributed by atoms with Gasteiger partial charge >= 0.3 is 0 Å². The highest BCUT2D eigenvalue weighted by atomic mass is 16.5. The van der Waals surface area contributed by atoms with Gasteiger partial charge in [0.15, 0.2) is 0 Å². The highest BCUT2D eigenvalue weighted by Crippen LogP contribution is 2.19. The Balaban J connectivity index is 1.84. The zero-order valence-corrected chi connectivity index (χ0v) is 10.1. The molecule has 18 heavy (non-hydrogen) atoms. The molecule has 5 nitrogen and oxygen atoms in total. The summed E-state index contributed by atoms with van der Waals surface area (Å²) in [6, 6.07) is 6.93. The smallest absolute Gasteiger partial charge is 0.249 e. The number of ether oxygens (including phenoxy) is 1. The second-order valence-corrected chi connectivity index (χ2v) is 4.41. The fourth-order valence-corrected chi connectivity index (χ4v) is 2.03. The first-order chi connectivity index (χ1) is 8.70. The molecule has 1 aliphatic heterocycles. The number of nitrogens with one attached hydrogen (secondary N) is 1. The van der Waals surface area contributed by atoms with Crippen LogP contribution in [0.15, 0.2) is 24.3 Å². The maximum absolute atomic E-state index is 11.8. The van der Waals surface area contributed by atoms with Crippen LogP contribution < -0.4 is 11.1 Å². The molecule has 2 atom stereocenters. The molecule has 0 aliphatic carbocycles. The Morgan fingerprint density at radius 3 is 2.89 bits per heavy atom. The van der Waals surface area contributed by atoms with E-state index in [-0.39, 0.29) is 17.8 Å². The summed E-state index contributed by atoms with van der Waals surface area (Å²) in [7, 11) is 0. The first-order valence-electron chi connectivity index (χ1n) is 6.11. The highest BCUT2D eigenvalue weighted by Gasteiger charge is 2.29. The number of hydrogen-bond donors (Lipinski definition) is 3. The van der Waals surface area contributed by atoms with E-state index < -0.39 is 6.10 Å². The highest BCUT2D eigenvalue weighted by molar-refractivity contribution is 5.81. The van der Waals surface area contributed by atoms with E-state index in [1.165, 1.54) is 0 Å². The van der Waals surface area contributed by atoms with E-state index in [4.69, 9.17) is 10.5 Å². The lowest BCUT2D eigenvalue weighted by Gasteiger charge is -2.13. The van der Waals surface area contributed by atoms with Gasteiger partial charge in [-0.25, -0.2) is 0 Å². The van der Waals surface area contributed by atoms with Crippen LogP contribution in [-0.4, -0.2) is 29.8 Å². The van der Waals surface area contributed by atoms with Crippen LogP contribution in [0.25, 0.3) is 0 Å². The molecule has 1 amide bonds. The van der Waals surface area contributed by atoms with Gasteiger partial charge in [-0.15, -0.1) is 0 Å². The lowest BCUT2D eigenvalue weighted by atomic mass is 10.1. The van der Waals surface area contributed by atoms with Gasteiger partial charge in [0.25, 0.3) is 0 Å². The molecule has 2 unspecified atom stereocenters. The van der Waals surface area contributed by atoms with Gasteiger partial charge in [0, 0.05) is 18.7 Å². The monoisotopic (exact) mass is 250 g/mol. The minimum Gasteiger partial charge on any atom is -0.508 e. The predicted octanol–water partition coefficient (Wildman–Crippen LogP) is 0.515. The zero-order chi connectivity index (χ0) is 13.0. The number of carbonyl (C=O) groups excluding carboxylic acids is 1. The van der Waals surface area contributed by atoms with Crippen LogP contribution in [0.2, 0.25) is 0 Å². The maximum Gasteiger partial charge on any atom is 0.249 e. The molecule has 0 saturated carbocycles. The minimum absolute atomic E-state index is 0.00845. The third-order valence-corrected chi connectivity index (χ3v) is 3.11. The summed E-state index contributed by atoms with van der Waals surface area (Å²) in [6.07, 6.45) is 1.11. The Labute approximate surface area is 106 Å². The molecular formula is C13H18N2O3. The van der Waals surface area contributed by atoms with Crippen molar-refractivity contribution in [3.63, 3.8) is 0 Å². The Morgan fingerprint density at radius 2 is 2.22 bits per heavy atom. The number of phenolic OH excluding ortho intramolecular Hbond substituents is 1. The van der Waals surface area contributed by atoms with Crippen molar-refractivity contribution in [2.24, 2.45) is 5.73 Å². The van der Waals surface area contributed by atoms with Gasteiger partial charge in [0.1, 0.15) is 11.9 Å². The Hall–Kier alpha value is -1.59. The Kier molecular flexibility index (Phi) is 4.17. The molecule has 5 heteroatoms. The van der Waals surface area contributed by atoms with Gasteiger partial charge in [0.05, 0.1) is 6.10 Å². The largest absolute Gasteiger partial charge is 0.508 e. The average molecular weight is 250 g/mol. The van der Waals surface area contributed by atoms with E-state index in [1.807, 2.05) is 6.07 Å². The number of rotatable bonds is 4. The summed E-state index contributed by atoms with van der Waals surface area (Å²) < 4.78 is 5.49. The average Bonchev–Trinajstić information content (AvgIpc) is 2.86. The van der Waals surface area contributed by atoms with Crippen LogP contribution in [0.1, 0.15) is 18.4 Å². The Bertz CT molecular complexity index is 422. The number of para-hydroxylation sites is 1. The summed E-state index contributed by atoms with van der Waals surface area (Å²) in [5, 5.41) is 12.3. The lowest BCUT2D eigenvalue weighted by molar-refractivity contribution is -0.132. The van der Waals surface area contributed by atoms with Gasteiger partial charge in [-0.05, 0) is 18.9 Å². The molecule has 1 aliphatic rings. The number of hydrogen-bond acceptors (Lipinski definition) is 4. The molecule has 1 saturated heterocycles. The van der Waals surface area contributed by atoms with Gasteiger partial charge < -0.3 is 20.9 Å². The van der Waals surface area contributed by atoms with Gasteiger partial charge in [-0.1, -0.05) is 18.2 Å². The number of nitrogens with two attached hydrogens (primary N) is 1. The van der Waals surface area contributed by atoms with Gasteiger partial charge in [0.2, 0.25) is 5.91 Å². The van der Waals surface area contributed by atoms with Crippen molar-refractivity contribution in [3.8, 4) is 5.75 Å². The molecular weight excluding hydrogens is 232 g/mol. The topological polar surface area (TPSA) is 84.6 Å². The number of phenols is 1. The molecule has 1 heterocycles. The van der Waals surface area contributed by atoms with Crippen molar-refractivity contribution in [2.75, 3.05) is 6.54 Å². The first kappa shape index (κ1) is 12.9. The molecule has 0 aromatic heterocycles. The minimum atomic E-state index is -0.413. The van der Waals surface area contributed by atoms with E-state index in [2.05, 4.69) is 5.32 Å². The zero-order valence-electron chi connectivity index (χ0n) is 10.1. The molecule has 0 bridgehead atoms. The molecule has 1 aromatic rings. The molecule has 1 fully saturated rings. The van der Waals surface area contributed by atoms with Gasteiger partial charge in [-0.2, -0.15) is 0 Å². The quantitative estimate of drug-likeness (QED) is 0.727. The van der Waals surface area contributed by atoms with Crippen molar-refractivity contribution < 1.29 is 14.6 Å². The molecule has 0 radical (unpaired) electrons. The van der Waals surface area contributed by atoms with E-state index in [0.717, 1.165) is 6.42 Å². The van der Waals surface area contributed by atoms with Crippen molar-refractivity contribution in [2.45, 2.75) is 31.6 Å². The second kappa shape index (κ2) is 5.84. The summed E-state index contributed by atoms with van der Waals surface area (Å²) in [5.74, 6) is 0.0409. The molecule has 1 aromatic carbocycles. The van der Waals surface area contributed by atoms with Crippen molar-refractivity contribution >= 4 is 5.91 Å². The van der Waals surface area contributed by atoms with Crippen LogP contribution in [0.5, 0.6) is 5.75 Å². The molecule has 2 rings (SSSR count). The SMILES string of the molecule is NCC1CCC(C(=O)NCc2ccccc2O)O1. The number of amides is 1. The van der Waals surface area contributed by atoms with Crippen molar-refractivity contribution in [3.05, 3.63) is 29.8 Å². The van der Waals surface area contributed by atoms with Crippen LogP contribution in [0, 0.1) is 0 Å². The normalized spacial score (nSPS) is 22.9. The molecule has 98 valence electrons. The van der Waals surface area contributed by atoms with E-state index >= 15 is 0 Å². The molecule has 4 N–H and O–H groups in total. The van der Waals surface area contributed by atoms with E-state index in [0.29, 0.717) is 25.1 Å². The number of benzene rings is 1.